The molecule has 0 aliphatic carbocycles. The highest BCUT2D eigenvalue weighted by Crippen LogP contribution is 2.08. The Hall–Kier alpha value is -1.93. The third-order valence-electron chi connectivity index (χ3n) is 3.20. The van der Waals surface area contributed by atoms with Crippen LogP contribution in [0, 0.1) is 0 Å². The number of hydrogen-bond acceptors (Lipinski definition) is 5. The fraction of sp³-hybridized carbons (Fsp3) is 0.615. The summed E-state index contributed by atoms with van der Waals surface area (Å²) in [4.78, 5) is 22.5. The van der Waals surface area contributed by atoms with Crippen molar-refractivity contribution in [3.8, 4) is 0 Å². The number of aromatic nitrogens is 2. The lowest BCUT2D eigenvalue weighted by Gasteiger charge is -2.22. The monoisotopic (exact) mass is 295 g/mol. The second kappa shape index (κ2) is 7.75. The second-order valence-corrected chi connectivity index (χ2v) is 5.01. The van der Waals surface area contributed by atoms with Crippen LogP contribution in [0.15, 0.2) is 12.4 Å². The zero-order chi connectivity index (χ0) is 15.1. The Morgan fingerprint density at radius 1 is 1.48 bits per heavy atom. The third kappa shape index (κ3) is 5.52. The average Bonchev–Trinajstić information content (AvgIpc) is 2.86. The van der Waals surface area contributed by atoms with E-state index in [-0.39, 0.29) is 18.6 Å². The van der Waals surface area contributed by atoms with Crippen LogP contribution in [0.1, 0.15) is 19.3 Å². The molecule has 21 heavy (non-hydrogen) atoms. The lowest BCUT2D eigenvalue weighted by atomic mass is 10.1. The van der Waals surface area contributed by atoms with Gasteiger partial charge in [-0.2, -0.15) is 5.10 Å². The highest BCUT2D eigenvalue weighted by molar-refractivity contribution is 5.90. The van der Waals surface area contributed by atoms with Crippen LogP contribution in [0.25, 0.3) is 0 Å². The van der Waals surface area contributed by atoms with Crippen molar-refractivity contribution >= 4 is 17.5 Å². The Bertz CT molecular complexity index is 482. The summed E-state index contributed by atoms with van der Waals surface area (Å²) in [6.45, 7) is 2.34. The van der Waals surface area contributed by atoms with Gasteiger partial charge in [-0.05, 0) is 25.9 Å². The quantitative estimate of drug-likeness (QED) is 0.626. The molecule has 4 N–H and O–H groups in total. The minimum absolute atomic E-state index is 0.00526. The maximum absolute atomic E-state index is 11.8. The maximum atomic E-state index is 11.8. The van der Waals surface area contributed by atoms with Gasteiger partial charge < -0.3 is 21.1 Å². The number of nitrogens with one attached hydrogen (secondary N) is 2. The molecule has 0 spiro atoms. The number of carbonyl (C=O) groups is 2. The smallest absolute Gasteiger partial charge is 0.239 e. The third-order valence-corrected chi connectivity index (χ3v) is 3.20. The molecule has 116 valence electrons. The molecule has 1 aliphatic heterocycles. The van der Waals surface area contributed by atoms with Gasteiger partial charge in [0.05, 0.1) is 31.0 Å². The predicted octanol–water partition coefficient (Wildman–Crippen LogP) is -0.534. The Morgan fingerprint density at radius 3 is 2.95 bits per heavy atom. The molecule has 1 fully saturated rings. The van der Waals surface area contributed by atoms with Gasteiger partial charge in [0.1, 0.15) is 6.54 Å². The van der Waals surface area contributed by atoms with Crippen molar-refractivity contribution in [3.63, 3.8) is 0 Å². The van der Waals surface area contributed by atoms with Gasteiger partial charge in [-0.3, -0.25) is 14.3 Å². The fourth-order valence-corrected chi connectivity index (χ4v) is 2.18. The number of nitrogens with two attached hydrogens (primary N) is 1. The molecule has 2 amide bonds. The highest BCUT2D eigenvalue weighted by Gasteiger charge is 2.13. The Morgan fingerprint density at radius 2 is 2.24 bits per heavy atom. The first kappa shape index (κ1) is 15.5. The molecule has 0 radical (unpaired) electrons. The molecule has 2 heterocycles. The molecule has 2 rings (SSSR count). The van der Waals surface area contributed by atoms with Crippen molar-refractivity contribution in [2.45, 2.75) is 31.9 Å². The van der Waals surface area contributed by atoms with Crippen LogP contribution in [0.4, 0.5) is 5.69 Å². The lowest BCUT2D eigenvalue weighted by Crippen LogP contribution is -2.33. The standard InChI is InChI=1S/C13H21N5O3/c14-12(19)9-18-8-10(7-16-18)17-13(20)3-6-21-11-1-4-15-5-2-11/h7-8,11,15H,1-6,9H2,(H2,14,19)(H,17,20). The number of hydrogen-bond donors (Lipinski definition) is 3. The predicted molar refractivity (Wildman–Crippen MR) is 76.5 cm³/mol. The molecule has 0 saturated carbocycles. The molecule has 1 aliphatic rings. The summed E-state index contributed by atoms with van der Waals surface area (Å²) in [6.07, 6.45) is 5.57. The average molecular weight is 295 g/mol. The number of amides is 2. The van der Waals surface area contributed by atoms with Crippen molar-refractivity contribution in [1.29, 1.82) is 0 Å². The van der Waals surface area contributed by atoms with Gasteiger partial charge in [0.2, 0.25) is 11.8 Å². The molecule has 1 saturated heterocycles. The van der Waals surface area contributed by atoms with Gasteiger partial charge in [-0.15, -0.1) is 0 Å². The van der Waals surface area contributed by atoms with Gasteiger partial charge in [-0.1, -0.05) is 0 Å². The lowest BCUT2D eigenvalue weighted by molar-refractivity contribution is -0.119. The SMILES string of the molecule is NC(=O)Cn1cc(NC(=O)CCOC2CCNCC2)cn1. The summed E-state index contributed by atoms with van der Waals surface area (Å²) in [5, 5.41) is 9.89. The highest BCUT2D eigenvalue weighted by atomic mass is 16.5. The summed E-state index contributed by atoms with van der Waals surface area (Å²) >= 11 is 0. The molecule has 1 aromatic rings. The van der Waals surface area contributed by atoms with Gasteiger partial charge in [0.15, 0.2) is 0 Å². The first-order chi connectivity index (χ1) is 10.1. The number of nitrogens with zero attached hydrogens (tertiary/aromatic N) is 2. The Balaban J connectivity index is 1.66. The van der Waals surface area contributed by atoms with E-state index in [0.29, 0.717) is 18.7 Å². The van der Waals surface area contributed by atoms with E-state index in [2.05, 4.69) is 15.7 Å². The number of anilines is 1. The van der Waals surface area contributed by atoms with E-state index in [0.717, 1.165) is 25.9 Å². The van der Waals surface area contributed by atoms with Crippen LogP contribution >= 0.6 is 0 Å². The second-order valence-electron chi connectivity index (χ2n) is 5.01. The zero-order valence-electron chi connectivity index (χ0n) is 11.9. The minimum Gasteiger partial charge on any atom is -0.378 e. The number of ether oxygens (including phenoxy) is 1. The molecular weight excluding hydrogens is 274 g/mol. The molecule has 0 bridgehead atoms. The van der Waals surface area contributed by atoms with Gasteiger partial charge in [-0.25, -0.2) is 0 Å². The minimum atomic E-state index is -0.480. The fourth-order valence-electron chi connectivity index (χ4n) is 2.18. The molecule has 0 atom stereocenters. The first-order valence-electron chi connectivity index (χ1n) is 7.06. The number of rotatable bonds is 7. The first-order valence-corrected chi connectivity index (χ1v) is 7.06. The van der Waals surface area contributed by atoms with Crippen molar-refractivity contribution in [1.82, 2.24) is 15.1 Å². The molecular formula is C13H21N5O3. The van der Waals surface area contributed by atoms with Crippen LogP contribution in [-0.4, -0.2) is 47.4 Å². The summed E-state index contributed by atoms with van der Waals surface area (Å²) in [5.41, 5.74) is 5.61. The van der Waals surface area contributed by atoms with Crippen LogP contribution in [-0.2, 0) is 20.9 Å². The molecule has 1 aromatic heterocycles. The summed E-state index contributed by atoms with van der Waals surface area (Å²) in [6, 6.07) is 0. The normalized spacial score (nSPS) is 15.8. The number of primary amides is 1. The van der Waals surface area contributed by atoms with E-state index in [1.165, 1.54) is 10.9 Å². The van der Waals surface area contributed by atoms with Crippen LogP contribution in [0.5, 0.6) is 0 Å². The van der Waals surface area contributed by atoms with E-state index < -0.39 is 5.91 Å². The molecule has 0 aromatic carbocycles. The molecule has 0 unspecified atom stereocenters. The van der Waals surface area contributed by atoms with Gasteiger partial charge in [0, 0.05) is 6.20 Å². The van der Waals surface area contributed by atoms with E-state index in [1.54, 1.807) is 6.20 Å². The summed E-state index contributed by atoms with van der Waals surface area (Å²) in [5.74, 6) is -0.617. The van der Waals surface area contributed by atoms with Gasteiger partial charge in [0.25, 0.3) is 0 Å². The van der Waals surface area contributed by atoms with Crippen molar-refractivity contribution in [3.05, 3.63) is 12.4 Å². The van der Waals surface area contributed by atoms with Crippen molar-refractivity contribution in [2.24, 2.45) is 5.73 Å². The largest absolute Gasteiger partial charge is 0.378 e. The molecule has 8 heteroatoms. The maximum Gasteiger partial charge on any atom is 0.239 e. The van der Waals surface area contributed by atoms with Crippen molar-refractivity contribution in [2.75, 3.05) is 25.0 Å². The Kier molecular flexibility index (Phi) is 5.70. The number of carbonyl (C=O) groups excluding carboxylic acids is 2. The van der Waals surface area contributed by atoms with Crippen LogP contribution in [0.3, 0.4) is 0 Å². The summed E-state index contributed by atoms with van der Waals surface area (Å²) < 4.78 is 7.04. The van der Waals surface area contributed by atoms with Gasteiger partial charge >= 0.3 is 0 Å². The van der Waals surface area contributed by atoms with E-state index >= 15 is 0 Å². The van der Waals surface area contributed by atoms with E-state index in [4.69, 9.17) is 10.5 Å². The van der Waals surface area contributed by atoms with Crippen LogP contribution < -0.4 is 16.4 Å². The van der Waals surface area contributed by atoms with E-state index in [1.807, 2.05) is 0 Å². The van der Waals surface area contributed by atoms with Crippen LogP contribution in [0.2, 0.25) is 0 Å². The van der Waals surface area contributed by atoms with Crippen molar-refractivity contribution < 1.29 is 14.3 Å². The molecule has 8 nitrogen and oxygen atoms in total. The topological polar surface area (TPSA) is 111 Å². The van der Waals surface area contributed by atoms with E-state index in [9.17, 15) is 9.59 Å². The zero-order valence-corrected chi connectivity index (χ0v) is 11.9. The summed E-state index contributed by atoms with van der Waals surface area (Å²) in [7, 11) is 0. The Labute approximate surface area is 123 Å². The number of piperidine rings is 1.